The smallest absolute Gasteiger partial charge is 0.331 e. The van der Waals surface area contributed by atoms with Gasteiger partial charge in [0, 0.05) is 37.7 Å². The normalized spacial score (nSPS) is 16.4. The number of nitrogens with zero attached hydrogens (tertiary/aromatic N) is 2. The molecule has 3 rings (SSSR count). The Morgan fingerprint density at radius 3 is 2.96 bits per heavy atom. The molecule has 8 heteroatoms. The van der Waals surface area contributed by atoms with Crippen molar-refractivity contribution < 1.29 is 14.3 Å². The van der Waals surface area contributed by atoms with E-state index in [-0.39, 0.29) is 18.6 Å². The molecule has 8 nitrogen and oxygen atoms in total. The van der Waals surface area contributed by atoms with Gasteiger partial charge in [0.1, 0.15) is 18.9 Å². The lowest BCUT2D eigenvalue weighted by atomic mass is 10.2. The standard InChI is InChI=1S/C18H21N3O5/c1-20-17(23)7-8-21(18(20)24)11-16(22)19-13-4-2-5-14(10-13)26-12-15-6-3-9-25-15/h2,4-5,7-8,10,15H,3,6,9,11-12H2,1H3,(H,19,22). The Labute approximate surface area is 150 Å². The van der Waals surface area contributed by atoms with E-state index in [2.05, 4.69) is 5.32 Å². The molecule has 0 radical (unpaired) electrons. The summed E-state index contributed by atoms with van der Waals surface area (Å²) in [5.41, 5.74) is -0.387. The first-order valence-corrected chi connectivity index (χ1v) is 8.44. The molecule has 1 fully saturated rings. The first-order chi connectivity index (χ1) is 12.5. The number of carbonyl (C=O) groups is 1. The number of ether oxygens (including phenoxy) is 2. The first kappa shape index (κ1) is 17.9. The molecule has 1 saturated heterocycles. The second-order valence-electron chi connectivity index (χ2n) is 6.15. The van der Waals surface area contributed by atoms with Crippen LogP contribution < -0.4 is 21.3 Å². The van der Waals surface area contributed by atoms with Gasteiger partial charge in [-0.1, -0.05) is 6.07 Å². The lowest BCUT2D eigenvalue weighted by molar-refractivity contribution is -0.116. The number of amides is 1. The average molecular weight is 359 g/mol. The van der Waals surface area contributed by atoms with Crippen LogP contribution >= 0.6 is 0 Å². The van der Waals surface area contributed by atoms with Crippen LogP contribution in [0.25, 0.3) is 0 Å². The Kier molecular flexibility index (Phi) is 5.52. The van der Waals surface area contributed by atoms with Crippen LogP contribution in [-0.2, 0) is 23.1 Å². The van der Waals surface area contributed by atoms with Crippen molar-refractivity contribution >= 4 is 11.6 Å². The van der Waals surface area contributed by atoms with E-state index in [9.17, 15) is 14.4 Å². The highest BCUT2D eigenvalue weighted by Gasteiger charge is 2.16. The summed E-state index contributed by atoms with van der Waals surface area (Å²) in [6.45, 7) is 1.06. The number of anilines is 1. The lowest BCUT2D eigenvalue weighted by Crippen LogP contribution is -2.38. The average Bonchev–Trinajstić information content (AvgIpc) is 3.14. The van der Waals surface area contributed by atoms with E-state index < -0.39 is 11.2 Å². The molecule has 1 aromatic heterocycles. The van der Waals surface area contributed by atoms with Gasteiger partial charge >= 0.3 is 5.69 Å². The third-order valence-corrected chi connectivity index (χ3v) is 4.15. The molecule has 0 spiro atoms. The molecule has 0 aliphatic carbocycles. The largest absolute Gasteiger partial charge is 0.491 e. The van der Waals surface area contributed by atoms with Gasteiger partial charge < -0.3 is 14.8 Å². The minimum atomic E-state index is -0.540. The predicted molar refractivity (Wildman–Crippen MR) is 95.5 cm³/mol. The van der Waals surface area contributed by atoms with Gasteiger partial charge in [-0.05, 0) is 25.0 Å². The molecule has 1 aromatic carbocycles. The molecule has 0 saturated carbocycles. The number of benzene rings is 1. The number of nitrogens with one attached hydrogen (secondary N) is 1. The molecular formula is C18H21N3O5. The molecule has 1 atom stereocenters. The van der Waals surface area contributed by atoms with E-state index in [4.69, 9.17) is 9.47 Å². The molecule has 138 valence electrons. The molecule has 1 aliphatic rings. The lowest BCUT2D eigenvalue weighted by Gasteiger charge is -2.13. The molecule has 2 heterocycles. The fraction of sp³-hybridized carbons (Fsp3) is 0.389. The minimum absolute atomic E-state index is 0.116. The number of hydrogen-bond acceptors (Lipinski definition) is 5. The topological polar surface area (TPSA) is 91.6 Å². The fourth-order valence-corrected chi connectivity index (χ4v) is 2.72. The third-order valence-electron chi connectivity index (χ3n) is 4.15. The summed E-state index contributed by atoms with van der Waals surface area (Å²) in [6, 6.07) is 8.28. The van der Waals surface area contributed by atoms with Gasteiger partial charge in [0.15, 0.2) is 0 Å². The molecule has 0 bridgehead atoms. The van der Waals surface area contributed by atoms with Crippen molar-refractivity contribution in [3.8, 4) is 5.75 Å². The number of carbonyl (C=O) groups excluding carboxylic acids is 1. The van der Waals surface area contributed by atoms with E-state index >= 15 is 0 Å². The van der Waals surface area contributed by atoms with E-state index in [1.807, 2.05) is 6.07 Å². The van der Waals surface area contributed by atoms with Crippen molar-refractivity contribution in [1.29, 1.82) is 0 Å². The van der Waals surface area contributed by atoms with Crippen molar-refractivity contribution in [1.82, 2.24) is 9.13 Å². The molecule has 26 heavy (non-hydrogen) atoms. The highest BCUT2D eigenvalue weighted by atomic mass is 16.5. The Hall–Kier alpha value is -2.87. The highest BCUT2D eigenvalue weighted by Crippen LogP contribution is 2.19. The van der Waals surface area contributed by atoms with Gasteiger partial charge in [0.25, 0.3) is 5.56 Å². The van der Waals surface area contributed by atoms with E-state index in [0.29, 0.717) is 18.0 Å². The summed E-state index contributed by atoms with van der Waals surface area (Å²) >= 11 is 0. The van der Waals surface area contributed by atoms with Crippen LogP contribution in [0, 0.1) is 0 Å². The molecule has 1 amide bonds. The minimum Gasteiger partial charge on any atom is -0.491 e. The van der Waals surface area contributed by atoms with Crippen LogP contribution in [0.1, 0.15) is 12.8 Å². The van der Waals surface area contributed by atoms with Gasteiger partial charge in [0.2, 0.25) is 5.91 Å². The molecule has 1 aliphatic heterocycles. The van der Waals surface area contributed by atoms with Crippen molar-refractivity contribution in [2.45, 2.75) is 25.5 Å². The van der Waals surface area contributed by atoms with Crippen molar-refractivity contribution in [2.24, 2.45) is 7.05 Å². The molecule has 1 unspecified atom stereocenters. The summed E-state index contributed by atoms with van der Waals surface area (Å²) in [5, 5.41) is 2.72. The Bertz CT molecular complexity index is 896. The first-order valence-electron chi connectivity index (χ1n) is 8.44. The van der Waals surface area contributed by atoms with Crippen LogP contribution in [0.5, 0.6) is 5.75 Å². The SMILES string of the molecule is Cn1c(=O)ccn(CC(=O)Nc2cccc(OCC3CCCO3)c2)c1=O. The molecular weight excluding hydrogens is 338 g/mol. The van der Waals surface area contributed by atoms with Crippen LogP contribution in [-0.4, -0.2) is 34.4 Å². The second-order valence-corrected chi connectivity index (χ2v) is 6.15. The second kappa shape index (κ2) is 8.01. The molecule has 2 aromatic rings. The van der Waals surface area contributed by atoms with Gasteiger partial charge in [-0.15, -0.1) is 0 Å². The molecule has 1 N–H and O–H groups in total. The Morgan fingerprint density at radius 1 is 1.35 bits per heavy atom. The summed E-state index contributed by atoms with van der Waals surface area (Å²) in [7, 11) is 1.37. The van der Waals surface area contributed by atoms with E-state index in [1.165, 1.54) is 23.9 Å². The van der Waals surface area contributed by atoms with E-state index in [0.717, 1.165) is 24.0 Å². The summed E-state index contributed by atoms with van der Waals surface area (Å²) in [6.07, 6.45) is 3.47. The van der Waals surface area contributed by atoms with Gasteiger partial charge in [-0.2, -0.15) is 0 Å². The number of rotatable bonds is 6. The number of hydrogen-bond donors (Lipinski definition) is 1. The van der Waals surface area contributed by atoms with Crippen LogP contribution in [0.2, 0.25) is 0 Å². The summed E-state index contributed by atoms with van der Waals surface area (Å²) in [5.74, 6) is 0.264. The maximum Gasteiger partial charge on any atom is 0.331 e. The maximum atomic E-state index is 12.2. The Balaban J connectivity index is 1.60. The zero-order valence-electron chi connectivity index (χ0n) is 14.5. The zero-order chi connectivity index (χ0) is 18.5. The number of aromatic nitrogens is 2. The van der Waals surface area contributed by atoms with E-state index in [1.54, 1.807) is 18.2 Å². The van der Waals surface area contributed by atoms with Crippen LogP contribution in [0.3, 0.4) is 0 Å². The summed E-state index contributed by atoms with van der Waals surface area (Å²) < 4.78 is 13.3. The zero-order valence-corrected chi connectivity index (χ0v) is 14.5. The van der Waals surface area contributed by atoms with Crippen LogP contribution in [0.4, 0.5) is 5.69 Å². The maximum absolute atomic E-state index is 12.2. The highest BCUT2D eigenvalue weighted by molar-refractivity contribution is 5.90. The Morgan fingerprint density at radius 2 is 2.19 bits per heavy atom. The monoisotopic (exact) mass is 359 g/mol. The predicted octanol–water partition coefficient (Wildman–Crippen LogP) is 0.743. The van der Waals surface area contributed by atoms with Crippen LogP contribution in [0.15, 0.2) is 46.1 Å². The van der Waals surface area contributed by atoms with Gasteiger partial charge in [0.05, 0.1) is 6.10 Å². The fourth-order valence-electron chi connectivity index (χ4n) is 2.72. The quantitative estimate of drug-likeness (QED) is 0.822. The van der Waals surface area contributed by atoms with Gasteiger partial charge in [-0.25, -0.2) is 4.79 Å². The van der Waals surface area contributed by atoms with Crippen molar-refractivity contribution in [2.75, 3.05) is 18.5 Å². The third kappa shape index (κ3) is 4.40. The van der Waals surface area contributed by atoms with Gasteiger partial charge in [-0.3, -0.25) is 18.7 Å². The van der Waals surface area contributed by atoms with Crippen molar-refractivity contribution in [3.05, 3.63) is 57.4 Å². The van der Waals surface area contributed by atoms with Crippen molar-refractivity contribution in [3.63, 3.8) is 0 Å². The summed E-state index contributed by atoms with van der Waals surface area (Å²) in [4.78, 5) is 35.5.